The van der Waals surface area contributed by atoms with Crippen LogP contribution < -0.4 is 5.32 Å². The molecule has 1 aliphatic heterocycles. The molecule has 0 saturated heterocycles. The molecule has 7 nitrogen and oxygen atoms in total. The molecular weight excluding hydrogens is 356 g/mol. The Labute approximate surface area is 150 Å². The van der Waals surface area contributed by atoms with Crippen molar-refractivity contribution in [2.45, 2.75) is 4.90 Å². The average Bonchev–Trinajstić information content (AvgIpc) is 2.83. The van der Waals surface area contributed by atoms with Crippen molar-refractivity contribution in [3.8, 4) is 0 Å². The first-order valence-electron chi connectivity index (χ1n) is 7.57. The van der Waals surface area contributed by atoms with Crippen LogP contribution in [0.25, 0.3) is 0 Å². The number of fused-ring (bicyclic) bond motifs is 1. The van der Waals surface area contributed by atoms with Gasteiger partial charge in [-0.2, -0.15) is 0 Å². The van der Waals surface area contributed by atoms with Gasteiger partial charge in [-0.25, -0.2) is 12.7 Å². The first-order valence-corrected chi connectivity index (χ1v) is 9.01. The molecule has 0 unspecified atom stereocenters. The second kappa shape index (κ2) is 6.57. The zero-order valence-corrected chi connectivity index (χ0v) is 14.3. The van der Waals surface area contributed by atoms with Crippen molar-refractivity contribution in [2.24, 2.45) is 0 Å². The first kappa shape index (κ1) is 17.6. The van der Waals surface area contributed by atoms with Gasteiger partial charge in [0, 0.05) is 11.3 Å². The summed E-state index contributed by atoms with van der Waals surface area (Å²) in [5.41, 5.74) is 0.743. The molecule has 1 N–H and O–H groups in total. The number of anilines is 1. The van der Waals surface area contributed by atoms with E-state index in [1.807, 2.05) is 0 Å². The van der Waals surface area contributed by atoms with E-state index >= 15 is 0 Å². The van der Waals surface area contributed by atoms with Gasteiger partial charge in [0.2, 0.25) is 5.91 Å². The van der Waals surface area contributed by atoms with Gasteiger partial charge in [0.05, 0.1) is 5.56 Å². The molecule has 2 aromatic carbocycles. The number of hydrogen-bond donors (Lipinski definition) is 1. The normalized spacial score (nSPS) is 14.6. The molecule has 0 aromatic heterocycles. The fourth-order valence-electron chi connectivity index (χ4n) is 2.54. The lowest BCUT2D eigenvalue weighted by Gasteiger charge is -2.14. The molecule has 1 aliphatic rings. The van der Waals surface area contributed by atoms with Crippen LogP contribution in [-0.2, 0) is 14.8 Å². The smallest absolute Gasteiger partial charge is 0.269 e. The number of amides is 2. The minimum Gasteiger partial charge on any atom is -0.323 e. The van der Waals surface area contributed by atoms with Crippen molar-refractivity contribution in [1.82, 2.24) is 4.31 Å². The summed E-state index contributed by atoms with van der Waals surface area (Å²) in [6.45, 7) is 2.75. The van der Waals surface area contributed by atoms with Gasteiger partial charge in [-0.15, -0.1) is 0 Å². The van der Waals surface area contributed by atoms with Crippen LogP contribution in [0.5, 0.6) is 0 Å². The van der Waals surface area contributed by atoms with E-state index in [-0.39, 0.29) is 16.0 Å². The van der Waals surface area contributed by atoms with Crippen LogP contribution in [0.4, 0.5) is 5.69 Å². The number of ketones is 1. The van der Waals surface area contributed by atoms with E-state index in [0.29, 0.717) is 9.99 Å². The van der Waals surface area contributed by atoms with E-state index in [1.54, 1.807) is 6.07 Å². The van der Waals surface area contributed by atoms with Crippen LogP contribution in [0.15, 0.2) is 66.1 Å². The number of Topliss-reactive ketones (excluding diaryl/α,β-unsaturated/α-hetero) is 1. The van der Waals surface area contributed by atoms with Crippen LogP contribution >= 0.6 is 0 Å². The molecule has 2 amide bonds. The molecule has 26 heavy (non-hydrogen) atoms. The molecule has 0 radical (unpaired) electrons. The number of nitrogens with one attached hydrogen (secondary N) is 1. The third-order valence-electron chi connectivity index (χ3n) is 3.86. The molecule has 0 fully saturated rings. The van der Waals surface area contributed by atoms with Gasteiger partial charge in [-0.1, -0.05) is 18.7 Å². The highest BCUT2D eigenvalue weighted by molar-refractivity contribution is 7.90. The Bertz CT molecular complexity index is 1030. The van der Waals surface area contributed by atoms with E-state index in [9.17, 15) is 22.8 Å². The number of sulfonamides is 1. The molecule has 0 atom stereocenters. The van der Waals surface area contributed by atoms with E-state index in [4.69, 9.17) is 0 Å². The molecule has 1 heterocycles. The largest absolute Gasteiger partial charge is 0.323 e. The Hall–Kier alpha value is -3.26. The second-order valence-electron chi connectivity index (χ2n) is 5.51. The lowest BCUT2D eigenvalue weighted by Crippen LogP contribution is -2.35. The summed E-state index contributed by atoms with van der Waals surface area (Å²) in [7, 11) is -4.03. The molecule has 0 spiro atoms. The summed E-state index contributed by atoms with van der Waals surface area (Å²) in [6, 6.07) is 11.7. The summed E-state index contributed by atoms with van der Waals surface area (Å²) in [6.07, 6.45) is 1.11. The van der Waals surface area contributed by atoms with Crippen LogP contribution in [0, 0.1) is 0 Å². The Balaban J connectivity index is 1.80. The van der Waals surface area contributed by atoms with E-state index in [2.05, 4.69) is 11.9 Å². The van der Waals surface area contributed by atoms with Crippen LogP contribution in [0.2, 0.25) is 0 Å². The summed E-state index contributed by atoms with van der Waals surface area (Å²) in [5, 5.41) is 2.53. The summed E-state index contributed by atoms with van der Waals surface area (Å²) in [5.74, 6) is -1.64. The van der Waals surface area contributed by atoms with E-state index in [0.717, 1.165) is 6.08 Å². The molecule has 2 aromatic rings. The second-order valence-corrected chi connectivity index (χ2v) is 7.34. The van der Waals surface area contributed by atoms with Crippen molar-refractivity contribution >= 4 is 33.3 Å². The van der Waals surface area contributed by atoms with Crippen molar-refractivity contribution in [3.05, 3.63) is 72.3 Å². The van der Waals surface area contributed by atoms with Crippen LogP contribution in [0.3, 0.4) is 0 Å². The van der Waals surface area contributed by atoms with Crippen molar-refractivity contribution in [3.63, 3.8) is 0 Å². The maximum Gasteiger partial charge on any atom is 0.269 e. The van der Waals surface area contributed by atoms with Gasteiger partial charge in [0.25, 0.3) is 15.9 Å². The zero-order chi connectivity index (χ0) is 18.9. The van der Waals surface area contributed by atoms with E-state index < -0.39 is 34.2 Å². The van der Waals surface area contributed by atoms with Crippen LogP contribution in [0.1, 0.15) is 20.7 Å². The predicted molar refractivity (Wildman–Crippen MR) is 94.3 cm³/mol. The highest BCUT2D eigenvalue weighted by Crippen LogP contribution is 2.30. The lowest BCUT2D eigenvalue weighted by molar-refractivity contribution is -0.111. The summed E-state index contributed by atoms with van der Waals surface area (Å²) in [4.78, 5) is 35.9. The van der Waals surface area contributed by atoms with Crippen molar-refractivity contribution in [1.29, 1.82) is 0 Å². The third-order valence-corrected chi connectivity index (χ3v) is 5.65. The highest BCUT2D eigenvalue weighted by atomic mass is 32.2. The van der Waals surface area contributed by atoms with Gasteiger partial charge in [0.15, 0.2) is 5.78 Å². The highest BCUT2D eigenvalue weighted by Gasteiger charge is 2.41. The van der Waals surface area contributed by atoms with Crippen LogP contribution in [-0.4, -0.2) is 36.9 Å². The van der Waals surface area contributed by atoms with E-state index in [1.165, 1.54) is 42.5 Å². The molecule has 0 saturated carbocycles. The van der Waals surface area contributed by atoms with Crippen molar-refractivity contribution < 1.29 is 22.8 Å². The van der Waals surface area contributed by atoms with Gasteiger partial charge in [0.1, 0.15) is 11.4 Å². The third kappa shape index (κ3) is 3.02. The van der Waals surface area contributed by atoms with Gasteiger partial charge in [-0.3, -0.25) is 14.4 Å². The summed E-state index contributed by atoms with van der Waals surface area (Å²) < 4.78 is 25.5. The molecule has 132 valence electrons. The van der Waals surface area contributed by atoms with Gasteiger partial charge >= 0.3 is 0 Å². The molecule has 0 aliphatic carbocycles. The topological polar surface area (TPSA) is 101 Å². The number of carbonyl (C=O) groups is 3. The number of rotatable bonds is 5. The van der Waals surface area contributed by atoms with Crippen molar-refractivity contribution in [2.75, 3.05) is 11.9 Å². The minimum absolute atomic E-state index is 0.0581. The fourth-order valence-corrected chi connectivity index (χ4v) is 4.07. The average molecular weight is 370 g/mol. The standard InChI is InChI=1S/C18H14N2O5S/c1-2-17(22)19-13-9-7-12(8-10-13)15(21)11-20-18(23)14-5-3-4-6-16(14)26(20,24)25/h2-10H,1,11H2,(H,19,22). The zero-order valence-electron chi connectivity index (χ0n) is 13.5. The van der Waals surface area contributed by atoms with Gasteiger partial charge < -0.3 is 5.32 Å². The number of hydrogen-bond acceptors (Lipinski definition) is 5. The maximum absolute atomic E-state index is 12.5. The Kier molecular flexibility index (Phi) is 4.43. The van der Waals surface area contributed by atoms with Gasteiger partial charge in [-0.05, 0) is 42.5 Å². The Morgan fingerprint density at radius 3 is 2.35 bits per heavy atom. The fraction of sp³-hybridized carbons (Fsp3) is 0.0556. The molecule has 8 heteroatoms. The number of nitrogens with zero attached hydrogens (tertiary/aromatic N) is 1. The first-order chi connectivity index (χ1) is 12.3. The lowest BCUT2D eigenvalue weighted by atomic mass is 10.1. The predicted octanol–water partition coefficient (Wildman–Crippen LogP) is 1.84. The minimum atomic E-state index is -4.03. The molecule has 0 bridgehead atoms. The summed E-state index contributed by atoms with van der Waals surface area (Å²) >= 11 is 0. The quantitative estimate of drug-likeness (QED) is 0.639. The number of carbonyl (C=O) groups excluding carboxylic acids is 3. The Morgan fingerprint density at radius 2 is 1.73 bits per heavy atom. The Morgan fingerprint density at radius 1 is 1.08 bits per heavy atom. The molecule has 3 rings (SSSR count). The number of benzene rings is 2. The SMILES string of the molecule is C=CC(=O)Nc1ccc(C(=O)CN2C(=O)c3ccccc3S2(=O)=O)cc1. The monoisotopic (exact) mass is 370 g/mol. The maximum atomic E-state index is 12.5. The molecular formula is C18H14N2O5S.